The molecule has 4 heteroatoms. The molecule has 2 N–H and O–H groups in total. The number of phenols is 1. The first-order chi connectivity index (χ1) is 13.5. The first-order valence-electron chi connectivity index (χ1n) is 9.41. The summed E-state index contributed by atoms with van der Waals surface area (Å²) in [7, 11) is 4.01. The van der Waals surface area contributed by atoms with E-state index >= 15 is 0 Å². The van der Waals surface area contributed by atoms with Crippen LogP contribution in [0.5, 0.6) is 5.75 Å². The number of likely N-dealkylation sites (N-methyl/N-ethyl adjacent to an activating group) is 1. The number of hydrogen-bond acceptors (Lipinski definition) is 3. The third kappa shape index (κ3) is 5.21. The first kappa shape index (κ1) is 19.6. The number of amides is 1. The monoisotopic (exact) mass is 374 g/mol. The van der Waals surface area contributed by atoms with E-state index in [1.165, 1.54) is 0 Å². The number of carbonyl (C=O) groups excluding carboxylic acids is 1. The predicted molar refractivity (Wildman–Crippen MR) is 115 cm³/mol. The van der Waals surface area contributed by atoms with Crippen LogP contribution in [0.25, 0.3) is 16.8 Å². The number of phenolic OH excluding ortho intramolecular Hbond substituents is 1. The van der Waals surface area contributed by atoms with Gasteiger partial charge in [-0.2, -0.15) is 0 Å². The summed E-state index contributed by atoms with van der Waals surface area (Å²) >= 11 is 0. The van der Waals surface area contributed by atoms with E-state index in [9.17, 15) is 9.90 Å². The molecule has 3 rings (SSSR count). The molecular formula is C24H26N2O2. The van der Waals surface area contributed by atoms with Gasteiger partial charge in [-0.05, 0) is 60.6 Å². The highest BCUT2D eigenvalue weighted by atomic mass is 16.3. The number of fused-ring (bicyclic) bond motifs is 1. The Kier molecular flexibility index (Phi) is 6.45. The molecule has 4 nitrogen and oxygen atoms in total. The molecule has 0 aliphatic heterocycles. The van der Waals surface area contributed by atoms with E-state index in [-0.39, 0.29) is 17.7 Å². The van der Waals surface area contributed by atoms with E-state index in [4.69, 9.17) is 0 Å². The average molecular weight is 374 g/mol. The summed E-state index contributed by atoms with van der Waals surface area (Å²) in [6.45, 7) is 0.548. The lowest BCUT2D eigenvalue weighted by atomic mass is 10.0. The lowest BCUT2D eigenvalue weighted by Gasteiger charge is -2.24. The standard InChI is InChI=1S/C24H26N2O2/c1-26(2)21(16-18-10-13-22(27)14-11-18)17-25-24(28)15-12-20-8-5-7-19-6-3-4-9-23(19)20/h3-15,21,27H,16-17H2,1-2H3,(H,25,28)/b15-12+/t21-/m0/s1. The summed E-state index contributed by atoms with van der Waals surface area (Å²) in [6.07, 6.45) is 4.25. The largest absolute Gasteiger partial charge is 0.508 e. The Hall–Kier alpha value is -3.11. The number of benzene rings is 3. The Balaban J connectivity index is 1.61. The van der Waals surface area contributed by atoms with Crippen molar-refractivity contribution in [3.63, 3.8) is 0 Å². The van der Waals surface area contributed by atoms with Gasteiger partial charge in [0, 0.05) is 18.7 Å². The van der Waals surface area contributed by atoms with Crippen LogP contribution in [0.3, 0.4) is 0 Å². The smallest absolute Gasteiger partial charge is 0.244 e. The van der Waals surface area contributed by atoms with Gasteiger partial charge in [0.2, 0.25) is 5.91 Å². The van der Waals surface area contributed by atoms with Crippen LogP contribution < -0.4 is 5.32 Å². The molecule has 0 aliphatic carbocycles. The lowest BCUT2D eigenvalue weighted by molar-refractivity contribution is -0.116. The van der Waals surface area contributed by atoms with Crippen molar-refractivity contribution >= 4 is 22.8 Å². The molecule has 0 unspecified atom stereocenters. The van der Waals surface area contributed by atoms with Gasteiger partial charge < -0.3 is 15.3 Å². The van der Waals surface area contributed by atoms with Crippen LogP contribution in [0.15, 0.2) is 72.8 Å². The topological polar surface area (TPSA) is 52.6 Å². The number of carbonyl (C=O) groups is 1. The Bertz CT molecular complexity index is 957. The van der Waals surface area contributed by atoms with Gasteiger partial charge in [-0.3, -0.25) is 4.79 Å². The quantitative estimate of drug-likeness (QED) is 0.618. The van der Waals surface area contributed by atoms with Crippen LogP contribution in [0.4, 0.5) is 0 Å². The summed E-state index contributed by atoms with van der Waals surface area (Å²) in [6, 6.07) is 21.6. The third-order valence-corrected chi connectivity index (χ3v) is 4.89. The molecule has 0 aromatic heterocycles. The molecule has 0 aliphatic rings. The molecule has 28 heavy (non-hydrogen) atoms. The molecule has 0 saturated carbocycles. The van der Waals surface area contributed by atoms with E-state index < -0.39 is 0 Å². The maximum Gasteiger partial charge on any atom is 0.244 e. The molecule has 0 saturated heterocycles. The second-order valence-corrected chi connectivity index (χ2v) is 7.13. The Morgan fingerprint density at radius 2 is 1.75 bits per heavy atom. The normalized spacial score (nSPS) is 12.5. The summed E-state index contributed by atoms with van der Waals surface area (Å²) in [5.74, 6) is 0.155. The SMILES string of the molecule is CN(C)[C@H](CNC(=O)/C=C/c1cccc2ccccc12)Cc1ccc(O)cc1. The van der Waals surface area contributed by atoms with Crippen molar-refractivity contribution in [2.45, 2.75) is 12.5 Å². The maximum atomic E-state index is 12.3. The van der Waals surface area contributed by atoms with Gasteiger partial charge in [-0.25, -0.2) is 0 Å². The van der Waals surface area contributed by atoms with Crippen molar-refractivity contribution in [3.05, 3.63) is 83.9 Å². The van der Waals surface area contributed by atoms with Gasteiger partial charge >= 0.3 is 0 Å². The zero-order valence-electron chi connectivity index (χ0n) is 16.3. The van der Waals surface area contributed by atoms with Crippen molar-refractivity contribution in [3.8, 4) is 5.75 Å². The maximum absolute atomic E-state index is 12.3. The fraction of sp³-hybridized carbons (Fsp3) is 0.208. The average Bonchev–Trinajstić information content (AvgIpc) is 2.70. The third-order valence-electron chi connectivity index (χ3n) is 4.89. The molecule has 3 aromatic rings. The van der Waals surface area contributed by atoms with Crippen LogP contribution in [-0.2, 0) is 11.2 Å². The fourth-order valence-corrected chi connectivity index (χ4v) is 3.18. The molecular weight excluding hydrogens is 348 g/mol. The number of nitrogens with one attached hydrogen (secondary N) is 1. The van der Waals surface area contributed by atoms with E-state index in [0.717, 1.165) is 28.3 Å². The number of hydrogen-bond donors (Lipinski definition) is 2. The fourth-order valence-electron chi connectivity index (χ4n) is 3.18. The van der Waals surface area contributed by atoms with Crippen LogP contribution >= 0.6 is 0 Å². The second-order valence-electron chi connectivity index (χ2n) is 7.13. The molecule has 0 bridgehead atoms. The summed E-state index contributed by atoms with van der Waals surface area (Å²) in [5, 5.41) is 14.7. The molecule has 0 spiro atoms. The summed E-state index contributed by atoms with van der Waals surface area (Å²) in [4.78, 5) is 14.4. The van der Waals surface area contributed by atoms with Gasteiger partial charge in [0.25, 0.3) is 0 Å². The summed E-state index contributed by atoms with van der Waals surface area (Å²) in [5.41, 5.74) is 2.15. The molecule has 0 heterocycles. The number of rotatable bonds is 7. The molecule has 1 amide bonds. The molecule has 144 valence electrons. The highest BCUT2D eigenvalue weighted by Gasteiger charge is 2.13. The molecule has 0 fully saturated rings. The number of aromatic hydroxyl groups is 1. The van der Waals surface area contributed by atoms with Gasteiger partial charge in [-0.1, -0.05) is 54.6 Å². The van der Waals surface area contributed by atoms with Crippen molar-refractivity contribution in [2.24, 2.45) is 0 Å². The lowest BCUT2D eigenvalue weighted by Crippen LogP contribution is -2.41. The van der Waals surface area contributed by atoms with Crippen molar-refractivity contribution in [1.29, 1.82) is 0 Å². The van der Waals surface area contributed by atoms with E-state index in [2.05, 4.69) is 28.4 Å². The Morgan fingerprint density at radius 1 is 1.04 bits per heavy atom. The van der Waals surface area contributed by atoms with Gasteiger partial charge in [0.1, 0.15) is 5.75 Å². The number of nitrogens with zero attached hydrogens (tertiary/aromatic N) is 1. The Morgan fingerprint density at radius 3 is 2.50 bits per heavy atom. The van der Waals surface area contributed by atoms with Gasteiger partial charge in [-0.15, -0.1) is 0 Å². The first-order valence-corrected chi connectivity index (χ1v) is 9.41. The highest BCUT2D eigenvalue weighted by molar-refractivity contribution is 5.96. The Labute approximate surface area is 166 Å². The van der Waals surface area contributed by atoms with Crippen molar-refractivity contribution in [2.75, 3.05) is 20.6 Å². The van der Waals surface area contributed by atoms with Crippen LogP contribution in [0.1, 0.15) is 11.1 Å². The molecule has 3 aromatic carbocycles. The highest BCUT2D eigenvalue weighted by Crippen LogP contribution is 2.19. The van der Waals surface area contributed by atoms with Crippen LogP contribution in [0.2, 0.25) is 0 Å². The van der Waals surface area contributed by atoms with Gasteiger partial charge in [0.15, 0.2) is 0 Å². The zero-order valence-corrected chi connectivity index (χ0v) is 16.3. The predicted octanol–water partition coefficient (Wildman–Crippen LogP) is 3.85. The van der Waals surface area contributed by atoms with Crippen LogP contribution in [0, 0.1) is 0 Å². The minimum Gasteiger partial charge on any atom is -0.508 e. The van der Waals surface area contributed by atoms with E-state index in [1.54, 1.807) is 18.2 Å². The van der Waals surface area contributed by atoms with E-state index in [0.29, 0.717) is 6.54 Å². The minimum atomic E-state index is -0.106. The van der Waals surface area contributed by atoms with Crippen molar-refractivity contribution in [1.82, 2.24) is 10.2 Å². The molecule has 0 radical (unpaired) electrons. The zero-order chi connectivity index (χ0) is 19.9. The summed E-state index contributed by atoms with van der Waals surface area (Å²) < 4.78 is 0. The van der Waals surface area contributed by atoms with Gasteiger partial charge in [0.05, 0.1) is 0 Å². The van der Waals surface area contributed by atoms with Crippen LogP contribution in [-0.4, -0.2) is 42.6 Å². The van der Waals surface area contributed by atoms with Crippen molar-refractivity contribution < 1.29 is 9.90 Å². The van der Waals surface area contributed by atoms with E-state index in [1.807, 2.05) is 56.6 Å². The minimum absolute atomic E-state index is 0.106. The second kappa shape index (κ2) is 9.20. The molecule has 1 atom stereocenters.